The van der Waals surface area contributed by atoms with Crippen LogP contribution >= 0.6 is 15.9 Å². The van der Waals surface area contributed by atoms with Crippen LogP contribution < -0.4 is 10.6 Å². The molecule has 7 heteroatoms. The number of hydrogen-bond acceptors (Lipinski definition) is 4. The van der Waals surface area contributed by atoms with E-state index in [0.29, 0.717) is 12.1 Å². The summed E-state index contributed by atoms with van der Waals surface area (Å²) in [6.45, 7) is 3.61. The Kier molecular flexibility index (Phi) is 7.59. The number of carbonyl (C=O) groups is 3. The van der Waals surface area contributed by atoms with Gasteiger partial charge in [0.15, 0.2) is 6.61 Å². The van der Waals surface area contributed by atoms with Gasteiger partial charge in [-0.25, -0.2) is 4.79 Å². The fourth-order valence-corrected chi connectivity index (χ4v) is 1.78. The molecule has 1 aromatic rings. The lowest BCUT2D eigenvalue weighted by Crippen LogP contribution is -2.41. The molecule has 0 bridgehead atoms. The molecule has 0 fully saturated rings. The van der Waals surface area contributed by atoms with E-state index in [9.17, 15) is 14.4 Å². The molecule has 1 rings (SSSR count). The zero-order valence-corrected chi connectivity index (χ0v) is 14.1. The number of benzene rings is 1. The minimum atomic E-state index is -0.838. The third-order valence-electron chi connectivity index (χ3n) is 2.73. The summed E-state index contributed by atoms with van der Waals surface area (Å²) in [4.78, 5) is 35.0. The highest BCUT2D eigenvalue weighted by Gasteiger charge is 2.18. The second kappa shape index (κ2) is 9.19. The molecule has 0 unspecified atom stereocenters. The molecule has 120 valence electrons. The first-order valence-electron chi connectivity index (χ1n) is 6.93. The van der Waals surface area contributed by atoms with Crippen LogP contribution in [-0.2, 0) is 14.3 Å². The van der Waals surface area contributed by atoms with Gasteiger partial charge in [0.1, 0.15) is 6.04 Å². The number of hydrogen-bond donors (Lipinski definition) is 2. The summed E-state index contributed by atoms with van der Waals surface area (Å²) in [6.07, 6.45) is 0.805. The average Bonchev–Trinajstić information content (AvgIpc) is 2.50. The van der Waals surface area contributed by atoms with Crippen LogP contribution in [0.15, 0.2) is 28.7 Å². The van der Waals surface area contributed by atoms with E-state index in [-0.39, 0.29) is 18.4 Å². The van der Waals surface area contributed by atoms with E-state index in [4.69, 9.17) is 4.74 Å². The van der Waals surface area contributed by atoms with Crippen molar-refractivity contribution in [1.82, 2.24) is 10.6 Å². The van der Waals surface area contributed by atoms with Crippen LogP contribution in [-0.4, -0.2) is 37.0 Å². The predicted molar refractivity (Wildman–Crippen MR) is 85.3 cm³/mol. The van der Waals surface area contributed by atoms with Gasteiger partial charge in [-0.3, -0.25) is 9.59 Å². The number of amides is 2. The number of carbonyl (C=O) groups excluding carboxylic acids is 3. The van der Waals surface area contributed by atoms with E-state index in [1.807, 2.05) is 6.92 Å². The summed E-state index contributed by atoms with van der Waals surface area (Å²) in [7, 11) is 0. The molecule has 2 amide bonds. The normalized spacial score (nSPS) is 11.4. The molecule has 0 aromatic heterocycles. The lowest BCUT2D eigenvalue weighted by atomic mass is 10.2. The molecular weight excluding hydrogens is 352 g/mol. The minimum Gasteiger partial charge on any atom is -0.454 e. The zero-order valence-electron chi connectivity index (χ0n) is 12.5. The molecule has 1 atom stereocenters. The maximum atomic E-state index is 11.9. The molecule has 2 N–H and O–H groups in total. The molecule has 0 spiro atoms. The second-order valence-corrected chi connectivity index (χ2v) is 5.58. The van der Waals surface area contributed by atoms with E-state index >= 15 is 0 Å². The molecule has 1 aromatic carbocycles. The number of rotatable bonds is 7. The summed E-state index contributed by atoms with van der Waals surface area (Å²) < 4.78 is 5.70. The van der Waals surface area contributed by atoms with Crippen molar-refractivity contribution in [2.75, 3.05) is 13.2 Å². The van der Waals surface area contributed by atoms with E-state index < -0.39 is 12.0 Å². The third-order valence-corrected chi connectivity index (χ3v) is 3.25. The van der Waals surface area contributed by atoms with E-state index in [1.54, 1.807) is 24.3 Å². The van der Waals surface area contributed by atoms with Gasteiger partial charge in [0.2, 0.25) is 0 Å². The molecule has 0 heterocycles. The molecule has 0 saturated heterocycles. The Morgan fingerprint density at radius 2 is 1.86 bits per heavy atom. The molecule has 0 radical (unpaired) electrons. The van der Waals surface area contributed by atoms with Gasteiger partial charge in [-0.15, -0.1) is 0 Å². The smallest absolute Gasteiger partial charge is 0.328 e. The Morgan fingerprint density at radius 3 is 2.45 bits per heavy atom. The average molecular weight is 371 g/mol. The predicted octanol–water partition coefficient (Wildman–Crippen LogP) is 1.64. The van der Waals surface area contributed by atoms with Crippen LogP contribution in [0.4, 0.5) is 0 Å². The topological polar surface area (TPSA) is 84.5 Å². The van der Waals surface area contributed by atoms with Gasteiger partial charge in [0, 0.05) is 16.6 Å². The Bertz CT molecular complexity index is 531. The fourth-order valence-electron chi connectivity index (χ4n) is 1.52. The number of halogens is 1. The highest BCUT2D eigenvalue weighted by atomic mass is 79.9. The van der Waals surface area contributed by atoms with Crippen LogP contribution in [0, 0.1) is 0 Å². The lowest BCUT2D eigenvalue weighted by molar-refractivity contribution is -0.150. The highest BCUT2D eigenvalue weighted by molar-refractivity contribution is 9.10. The molecule has 0 saturated carbocycles. The molecular formula is C15H19BrN2O4. The van der Waals surface area contributed by atoms with Crippen molar-refractivity contribution in [3.63, 3.8) is 0 Å². The van der Waals surface area contributed by atoms with Crippen LogP contribution in [0.1, 0.15) is 30.6 Å². The zero-order chi connectivity index (χ0) is 16.5. The fraction of sp³-hybridized carbons (Fsp3) is 0.400. The van der Waals surface area contributed by atoms with Crippen molar-refractivity contribution in [3.05, 3.63) is 34.3 Å². The Labute approximate surface area is 137 Å². The van der Waals surface area contributed by atoms with Crippen molar-refractivity contribution >= 4 is 33.7 Å². The highest BCUT2D eigenvalue weighted by Crippen LogP contribution is 2.10. The van der Waals surface area contributed by atoms with Gasteiger partial charge in [-0.05, 0) is 37.6 Å². The number of esters is 1. The summed E-state index contributed by atoms with van der Waals surface area (Å²) in [5, 5.41) is 5.11. The molecule has 6 nitrogen and oxygen atoms in total. The summed E-state index contributed by atoms with van der Waals surface area (Å²) in [6, 6.07) is 5.90. The van der Waals surface area contributed by atoms with Crippen molar-refractivity contribution < 1.29 is 19.1 Å². The largest absolute Gasteiger partial charge is 0.454 e. The maximum absolute atomic E-state index is 11.9. The van der Waals surface area contributed by atoms with Crippen molar-refractivity contribution in [1.29, 1.82) is 0 Å². The van der Waals surface area contributed by atoms with E-state index in [2.05, 4.69) is 26.6 Å². The molecule has 0 aliphatic carbocycles. The van der Waals surface area contributed by atoms with Crippen LogP contribution in [0.2, 0.25) is 0 Å². The van der Waals surface area contributed by atoms with Gasteiger partial charge in [-0.1, -0.05) is 22.9 Å². The van der Waals surface area contributed by atoms with Gasteiger partial charge < -0.3 is 15.4 Å². The number of ether oxygens (including phenoxy) is 1. The standard InChI is InChI=1S/C15H19BrN2O4/c1-3-8-17-13(19)9-22-15(21)10(2)18-14(20)11-4-6-12(16)7-5-11/h4-7,10H,3,8-9H2,1-2H3,(H,17,19)(H,18,20)/t10-/m0/s1. The van der Waals surface area contributed by atoms with Gasteiger partial charge in [0.25, 0.3) is 11.8 Å². The van der Waals surface area contributed by atoms with Crippen LogP contribution in [0.25, 0.3) is 0 Å². The first kappa shape index (κ1) is 18.2. The molecule has 0 aliphatic heterocycles. The van der Waals surface area contributed by atoms with Crippen molar-refractivity contribution in [2.45, 2.75) is 26.3 Å². The SMILES string of the molecule is CCCNC(=O)COC(=O)[C@H](C)NC(=O)c1ccc(Br)cc1. The van der Waals surface area contributed by atoms with Crippen molar-refractivity contribution in [3.8, 4) is 0 Å². The first-order valence-corrected chi connectivity index (χ1v) is 7.73. The second-order valence-electron chi connectivity index (χ2n) is 4.66. The Hall–Kier alpha value is -1.89. The van der Waals surface area contributed by atoms with E-state index in [0.717, 1.165) is 10.9 Å². The van der Waals surface area contributed by atoms with Crippen LogP contribution in [0.3, 0.4) is 0 Å². The Morgan fingerprint density at radius 1 is 1.23 bits per heavy atom. The summed E-state index contributed by atoms with van der Waals surface area (Å²) in [5.41, 5.74) is 0.434. The molecule has 0 aliphatic rings. The van der Waals surface area contributed by atoms with Gasteiger partial charge >= 0.3 is 5.97 Å². The van der Waals surface area contributed by atoms with Crippen LogP contribution in [0.5, 0.6) is 0 Å². The lowest BCUT2D eigenvalue weighted by Gasteiger charge is -2.13. The van der Waals surface area contributed by atoms with E-state index in [1.165, 1.54) is 6.92 Å². The Balaban J connectivity index is 2.42. The van der Waals surface area contributed by atoms with Crippen molar-refractivity contribution in [2.24, 2.45) is 0 Å². The number of nitrogens with one attached hydrogen (secondary N) is 2. The quantitative estimate of drug-likeness (QED) is 0.714. The van der Waals surface area contributed by atoms with Gasteiger partial charge in [0.05, 0.1) is 0 Å². The summed E-state index contributed by atoms with van der Waals surface area (Å²) >= 11 is 3.28. The summed E-state index contributed by atoms with van der Waals surface area (Å²) in [5.74, 6) is -1.40. The third kappa shape index (κ3) is 6.26. The monoisotopic (exact) mass is 370 g/mol. The minimum absolute atomic E-state index is 0.350. The maximum Gasteiger partial charge on any atom is 0.328 e. The molecule has 22 heavy (non-hydrogen) atoms. The van der Waals surface area contributed by atoms with Gasteiger partial charge in [-0.2, -0.15) is 0 Å². The first-order chi connectivity index (χ1) is 10.4.